The molecule has 0 bridgehead atoms. The lowest BCUT2D eigenvalue weighted by molar-refractivity contribution is 0.168. The average Bonchev–Trinajstić information content (AvgIpc) is 2.77. The van der Waals surface area contributed by atoms with E-state index in [4.69, 9.17) is 0 Å². The molecule has 2 aromatic rings. The molecule has 4 heteroatoms. The van der Waals surface area contributed by atoms with Gasteiger partial charge >= 0.3 is 0 Å². The quantitative estimate of drug-likeness (QED) is 0.887. The van der Waals surface area contributed by atoms with Gasteiger partial charge in [0.15, 0.2) is 0 Å². The van der Waals surface area contributed by atoms with Crippen LogP contribution in [-0.2, 0) is 6.42 Å². The number of aryl methyl sites for hydroxylation is 1. The molecule has 1 aromatic carbocycles. The minimum absolute atomic E-state index is 0.223. The molecule has 2 rings (SSSR count). The minimum Gasteiger partial charge on any atom is -0.388 e. The van der Waals surface area contributed by atoms with Gasteiger partial charge in [0.05, 0.1) is 11.7 Å². The molecule has 0 spiro atoms. The van der Waals surface area contributed by atoms with Gasteiger partial charge in [-0.2, -0.15) is 11.3 Å². The van der Waals surface area contributed by atoms with Gasteiger partial charge in [0, 0.05) is 6.42 Å². The smallest absolute Gasteiger partial charge is 0.134 e. The number of hydrogen-bond acceptors (Lipinski definition) is 2. The fraction of sp³-hybridized carbons (Fsp3) is 0.231. The zero-order valence-electron chi connectivity index (χ0n) is 9.28. The first-order chi connectivity index (χ1) is 8.09. The Balaban J connectivity index is 2.30. The molecule has 1 nitrogen and oxygen atoms in total. The zero-order chi connectivity index (χ0) is 12.4. The SMILES string of the molecule is Cc1ccc(F)c(C(O)Cc2ccsc2)c1F. The van der Waals surface area contributed by atoms with E-state index in [1.807, 2.05) is 16.8 Å². The Labute approximate surface area is 102 Å². The predicted molar refractivity (Wildman–Crippen MR) is 64.1 cm³/mol. The van der Waals surface area contributed by atoms with Crippen molar-refractivity contribution in [3.05, 3.63) is 57.3 Å². The van der Waals surface area contributed by atoms with Crippen molar-refractivity contribution < 1.29 is 13.9 Å². The number of rotatable bonds is 3. The van der Waals surface area contributed by atoms with Gasteiger partial charge in [0.2, 0.25) is 0 Å². The van der Waals surface area contributed by atoms with Crippen molar-refractivity contribution >= 4 is 11.3 Å². The normalized spacial score (nSPS) is 12.7. The molecule has 0 saturated heterocycles. The minimum atomic E-state index is -1.15. The van der Waals surface area contributed by atoms with Crippen molar-refractivity contribution in [1.29, 1.82) is 0 Å². The lowest BCUT2D eigenvalue weighted by Gasteiger charge is -2.13. The maximum absolute atomic E-state index is 13.7. The lowest BCUT2D eigenvalue weighted by Crippen LogP contribution is -2.08. The molecule has 1 aromatic heterocycles. The number of aliphatic hydroxyl groups is 1. The summed E-state index contributed by atoms with van der Waals surface area (Å²) < 4.78 is 27.3. The number of thiophene rings is 1. The maximum Gasteiger partial charge on any atom is 0.134 e. The highest BCUT2D eigenvalue weighted by Crippen LogP contribution is 2.26. The van der Waals surface area contributed by atoms with E-state index in [0.717, 1.165) is 5.56 Å². The molecule has 1 unspecified atom stereocenters. The Morgan fingerprint density at radius 3 is 2.71 bits per heavy atom. The van der Waals surface area contributed by atoms with Crippen LogP contribution in [0, 0.1) is 18.6 Å². The summed E-state index contributed by atoms with van der Waals surface area (Å²) in [6.45, 7) is 1.55. The van der Waals surface area contributed by atoms with Crippen LogP contribution in [0.15, 0.2) is 29.0 Å². The van der Waals surface area contributed by atoms with Crippen LogP contribution in [-0.4, -0.2) is 5.11 Å². The highest BCUT2D eigenvalue weighted by molar-refractivity contribution is 7.07. The maximum atomic E-state index is 13.7. The third-order valence-corrected chi connectivity index (χ3v) is 3.39. The lowest BCUT2D eigenvalue weighted by atomic mass is 10.00. The highest BCUT2D eigenvalue weighted by atomic mass is 32.1. The first-order valence-corrected chi connectivity index (χ1v) is 6.17. The van der Waals surface area contributed by atoms with Crippen LogP contribution in [0.25, 0.3) is 0 Å². The molecule has 1 atom stereocenters. The molecule has 1 heterocycles. The van der Waals surface area contributed by atoms with Gasteiger partial charge in [0.25, 0.3) is 0 Å². The summed E-state index contributed by atoms with van der Waals surface area (Å²) in [7, 11) is 0. The Hall–Kier alpha value is -1.26. The van der Waals surface area contributed by atoms with Gasteiger partial charge in [-0.15, -0.1) is 0 Å². The van der Waals surface area contributed by atoms with E-state index in [9.17, 15) is 13.9 Å². The fourth-order valence-corrected chi connectivity index (χ4v) is 2.40. The summed E-state index contributed by atoms with van der Waals surface area (Å²) >= 11 is 1.49. The van der Waals surface area contributed by atoms with E-state index in [2.05, 4.69) is 0 Å². The molecule has 90 valence electrons. The Morgan fingerprint density at radius 2 is 2.06 bits per heavy atom. The van der Waals surface area contributed by atoms with Crippen LogP contribution < -0.4 is 0 Å². The second-order valence-electron chi connectivity index (χ2n) is 3.94. The molecule has 0 aliphatic heterocycles. The van der Waals surface area contributed by atoms with E-state index in [0.29, 0.717) is 5.56 Å². The first-order valence-electron chi connectivity index (χ1n) is 5.23. The Kier molecular flexibility index (Phi) is 3.54. The van der Waals surface area contributed by atoms with Gasteiger partial charge in [-0.1, -0.05) is 6.07 Å². The molecule has 0 aliphatic rings. The van der Waals surface area contributed by atoms with E-state index >= 15 is 0 Å². The third-order valence-electron chi connectivity index (χ3n) is 2.66. The van der Waals surface area contributed by atoms with Gasteiger partial charge in [-0.25, -0.2) is 8.78 Å². The molecule has 1 N–H and O–H groups in total. The van der Waals surface area contributed by atoms with Crippen LogP contribution in [0.1, 0.15) is 22.8 Å². The average molecular weight is 254 g/mol. The third kappa shape index (κ3) is 2.53. The second kappa shape index (κ2) is 4.94. The molecule has 0 radical (unpaired) electrons. The van der Waals surface area contributed by atoms with Gasteiger partial charge in [-0.3, -0.25) is 0 Å². The topological polar surface area (TPSA) is 20.2 Å². The molecule has 17 heavy (non-hydrogen) atoms. The monoisotopic (exact) mass is 254 g/mol. The van der Waals surface area contributed by atoms with Crippen LogP contribution in [0.2, 0.25) is 0 Å². The van der Waals surface area contributed by atoms with Crippen molar-refractivity contribution in [2.75, 3.05) is 0 Å². The number of halogens is 2. The molecule has 0 aliphatic carbocycles. The summed E-state index contributed by atoms with van der Waals surface area (Å²) in [4.78, 5) is 0. The van der Waals surface area contributed by atoms with Gasteiger partial charge in [0.1, 0.15) is 11.6 Å². The first kappa shape index (κ1) is 12.2. The van der Waals surface area contributed by atoms with Crippen LogP contribution in [0.3, 0.4) is 0 Å². The second-order valence-corrected chi connectivity index (χ2v) is 4.72. The van der Waals surface area contributed by atoms with Crippen LogP contribution >= 0.6 is 11.3 Å². The number of hydrogen-bond donors (Lipinski definition) is 1. The summed E-state index contributed by atoms with van der Waals surface area (Å²) in [6.07, 6.45) is -0.926. The van der Waals surface area contributed by atoms with E-state index in [-0.39, 0.29) is 12.0 Å². The molecule has 0 amide bonds. The van der Waals surface area contributed by atoms with Gasteiger partial charge < -0.3 is 5.11 Å². The standard InChI is InChI=1S/C13H12F2OS/c1-8-2-3-10(14)12(13(8)15)11(16)6-9-4-5-17-7-9/h2-5,7,11,16H,6H2,1H3. The van der Waals surface area contributed by atoms with Gasteiger partial charge in [-0.05, 0) is 40.9 Å². The van der Waals surface area contributed by atoms with E-state index < -0.39 is 17.7 Å². The predicted octanol–water partition coefficient (Wildman–Crippen LogP) is 3.61. The molecular formula is C13H12F2OS. The number of benzene rings is 1. The summed E-state index contributed by atoms with van der Waals surface area (Å²) in [5, 5.41) is 13.6. The Bertz CT molecular complexity index is 508. The van der Waals surface area contributed by atoms with Crippen molar-refractivity contribution in [2.24, 2.45) is 0 Å². The van der Waals surface area contributed by atoms with Crippen LogP contribution in [0.4, 0.5) is 8.78 Å². The highest BCUT2D eigenvalue weighted by Gasteiger charge is 2.19. The molecular weight excluding hydrogens is 242 g/mol. The van der Waals surface area contributed by atoms with Crippen molar-refractivity contribution in [1.82, 2.24) is 0 Å². The van der Waals surface area contributed by atoms with Crippen LogP contribution in [0.5, 0.6) is 0 Å². The van der Waals surface area contributed by atoms with Crippen molar-refractivity contribution in [3.8, 4) is 0 Å². The molecule has 0 saturated carbocycles. The Morgan fingerprint density at radius 1 is 1.29 bits per heavy atom. The largest absolute Gasteiger partial charge is 0.388 e. The summed E-state index contributed by atoms with van der Waals surface area (Å²) in [5.74, 6) is -1.36. The van der Waals surface area contributed by atoms with Crippen molar-refractivity contribution in [3.63, 3.8) is 0 Å². The fourth-order valence-electron chi connectivity index (χ4n) is 1.72. The number of aliphatic hydroxyl groups excluding tert-OH is 1. The summed E-state index contributed by atoms with van der Waals surface area (Å²) in [5.41, 5.74) is 0.977. The van der Waals surface area contributed by atoms with E-state index in [1.165, 1.54) is 23.5 Å². The summed E-state index contributed by atoms with van der Waals surface area (Å²) in [6, 6.07) is 4.38. The zero-order valence-corrected chi connectivity index (χ0v) is 10.1. The van der Waals surface area contributed by atoms with E-state index in [1.54, 1.807) is 6.92 Å². The molecule has 0 fully saturated rings. The van der Waals surface area contributed by atoms with Crippen molar-refractivity contribution in [2.45, 2.75) is 19.4 Å².